The normalized spacial score (nSPS) is 13.1. The van der Waals surface area contributed by atoms with Gasteiger partial charge in [-0.05, 0) is 89.9 Å². The maximum Gasteiger partial charge on any atom is 0.306 e. The van der Waals surface area contributed by atoms with E-state index in [1.54, 1.807) is 0 Å². The van der Waals surface area contributed by atoms with Crippen molar-refractivity contribution in [2.45, 2.75) is 213 Å². The Balaban J connectivity index is 4.52. The molecule has 0 radical (unpaired) electrons. The number of hydrogen-bond donors (Lipinski definition) is 0. The lowest BCUT2D eigenvalue weighted by atomic mass is 10.1. The highest BCUT2D eigenvalue weighted by Crippen LogP contribution is 2.13. The van der Waals surface area contributed by atoms with Crippen molar-refractivity contribution in [3.05, 3.63) is 122 Å². The van der Waals surface area contributed by atoms with Crippen molar-refractivity contribution in [2.24, 2.45) is 0 Å². The number of ether oxygens (including phenoxy) is 3. The zero-order valence-corrected chi connectivity index (χ0v) is 41.0. The van der Waals surface area contributed by atoms with Crippen LogP contribution in [-0.4, -0.2) is 37.2 Å². The highest BCUT2D eigenvalue weighted by molar-refractivity contribution is 5.71. The average Bonchev–Trinajstić information content (AvgIpc) is 3.29. The molecule has 0 heterocycles. The number of carbonyl (C=O) groups excluding carboxylic acids is 3. The van der Waals surface area contributed by atoms with Crippen molar-refractivity contribution >= 4 is 17.9 Å². The number of hydrogen-bond acceptors (Lipinski definition) is 6. The van der Waals surface area contributed by atoms with Crippen molar-refractivity contribution in [1.29, 1.82) is 0 Å². The molecule has 0 aromatic carbocycles. The average molecular weight is 885 g/mol. The molecule has 0 aliphatic heterocycles. The smallest absolute Gasteiger partial charge is 0.306 e. The van der Waals surface area contributed by atoms with Gasteiger partial charge >= 0.3 is 17.9 Å². The first kappa shape index (κ1) is 59.8. The van der Waals surface area contributed by atoms with Crippen LogP contribution in [0.5, 0.6) is 0 Å². The van der Waals surface area contributed by atoms with Crippen molar-refractivity contribution < 1.29 is 28.6 Å². The molecule has 0 saturated carbocycles. The van der Waals surface area contributed by atoms with Crippen molar-refractivity contribution in [3.63, 3.8) is 0 Å². The summed E-state index contributed by atoms with van der Waals surface area (Å²) in [6.07, 6.45) is 70.3. The van der Waals surface area contributed by atoms with Gasteiger partial charge in [-0.15, -0.1) is 0 Å². The zero-order valence-electron chi connectivity index (χ0n) is 41.0. The Bertz CT molecular complexity index is 1390. The number of rotatable bonds is 44. The first-order valence-corrected chi connectivity index (χ1v) is 25.6. The van der Waals surface area contributed by atoms with Crippen LogP contribution in [0.2, 0.25) is 0 Å². The van der Waals surface area contributed by atoms with Gasteiger partial charge in [0.2, 0.25) is 0 Å². The molecule has 0 aliphatic carbocycles. The van der Waals surface area contributed by atoms with E-state index in [9.17, 15) is 14.4 Å². The lowest BCUT2D eigenvalue weighted by Gasteiger charge is -2.18. The minimum absolute atomic E-state index is 0.106. The fourth-order valence-corrected chi connectivity index (χ4v) is 6.57. The number of unbranched alkanes of at least 4 members (excludes halogenated alkanes) is 19. The molecule has 0 N–H and O–H groups in total. The van der Waals surface area contributed by atoms with E-state index < -0.39 is 6.10 Å². The van der Waals surface area contributed by atoms with E-state index in [0.29, 0.717) is 19.3 Å². The van der Waals surface area contributed by atoms with Crippen molar-refractivity contribution in [2.75, 3.05) is 13.2 Å². The molecule has 1 atom stereocenters. The van der Waals surface area contributed by atoms with E-state index in [-0.39, 0.29) is 31.1 Å². The van der Waals surface area contributed by atoms with Crippen LogP contribution in [0.3, 0.4) is 0 Å². The molecular formula is C58H92O6. The van der Waals surface area contributed by atoms with Crippen LogP contribution in [0.15, 0.2) is 122 Å². The summed E-state index contributed by atoms with van der Waals surface area (Å²) in [4.78, 5) is 38.0. The van der Waals surface area contributed by atoms with Gasteiger partial charge in [0, 0.05) is 19.3 Å². The van der Waals surface area contributed by atoms with Gasteiger partial charge in [-0.1, -0.05) is 219 Å². The Kier molecular flexibility index (Phi) is 48.1. The number of allylic oxidation sites excluding steroid dienone is 20. The standard InChI is InChI=1S/C58H92O6/c1-4-7-10-13-16-19-22-25-27-28-29-30-32-33-36-39-42-45-48-51-57(60)63-54-55(53-62-56(59)50-47-44-41-38-35-24-21-18-15-12-9-6-3)64-58(61)52-49-46-43-40-37-34-31-26-23-20-17-14-11-8-5-2/h7,9-10,12-13,16,18-23,25,27-30,32-33,36,55H,4-6,8,11,14-15,17,24,26,31,34-35,37-54H2,1-3H3/b10-7-,12-9-,16-13-,21-18-,22-19-,23-20-,27-25-,29-28+,32-30-,36-33-. The van der Waals surface area contributed by atoms with Crippen LogP contribution in [0, 0.1) is 0 Å². The summed E-state index contributed by atoms with van der Waals surface area (Å²) in [7, 11) is 0. The lowest BCUT2D eigenvalue weighted by molar-refractivity contribution is -0.167. The lowest BCUT2D eigenvalue weighted by Crippen LogP contribution is -2.30. The van der Waals surface area contributed by atoms with Gasteiger partial charge in [0.15, 0.2) is 6.10 Å². The van der Waals surface area contributed by atoms with Gasteiger partial charge < -0.3 is 14.2 Å². The maximum absolute atomic E-state index is 12.8. The van der Waals surface area contributed by atoms with E-state index in [2.05, 4.69) is 69.4 Å². The Hall–Kier alpha value is -4.19. The van der Waals surface area contributed by atoms with E-state index in [1.807, 2.05) is 72.9 Å². The molecule has 0 spiro atoms. The minimum atomic E-state index is -0.808. The molecule has 1 unspecified atom stereocenters. The van der Waals surface area contributed by atoms with E-state index in [0.717, 1.165) is 103 Å². The molecule has 0 aliphatic rings. The van der Waals surface area contributed by atoms with E-state index >= 15 is 0 Å². The summed E-state index contributed by atoms with van der Waals surface area (Å²) in [6, 6.07) is 0. The summed E-state index contributed by atoms with van der Waals surface area (Å²) >= 11 is 0. The Labute approximate surface area is 392 Å². The second-order valence-corrected chi connectivity index (χ2v) is 16.5. The molecular weight excluding hydrogens is 793 g/mol. The quantitative estimate of drug-likeness (QED) is 0.0199. The Morgan fingerprint density at radius 1 is 0.344 bits per heavy atom. The van der Waals surface area contributed by atoms with Gasteiger partial charge in [-0.25, -0.2) is 0 Å². The van der Waals surface area contributed by atoms with Gasteiger partial charge in [-0.2, -0.15) is 0 Å². The second-order valence-electron chi connectivity index (χ2n) is 16.5. The molecule has 0 fully saturated rings. The molecule has 6 heteroatoms. The predicted molar refractivity (Wildman–Crippen MR) is 274 cm³/mol. The molecule has 0 rings (SSSR count). The third-order valence-corrected chi connectivity index (χ3v) is 10.4. The minimum Gasteiger partial charge on any atom is -0.462 e. The summed E-state index contributed by atoms with van der Waals surface area (Å²) in [5.74, 6) is -0.978. The molecule has 64 heavy (non-hydrogen) atoms. The van der Waals surface area contributed by atoms with Crippen LogP contribution in [0.25, 0.3) is 0 Å². The summed E-state index contributed by atoms with van der Waals surface area (Å²) in [5, 5.41) is 0. The van der Waals surface area contributed by atoms with Crippen LogP contribution in [0.4, 0.5) is 0 Å². The third-order valence-electron chi connectivity index (χ3n) is 10.4. The third kappa shape index (κ3) is 48.8. The molecule has 6 nitrogen and oxygen atoms in total. The SMILES string of the molecule is CC\C=C/C=C\C=C/C=C\C=C\C=C/C=C\CCCCCC(=O)OCC(COC(=O)CCCCCCC/C=C\C/C=C\CC)OC(=O)CCCCCCCCC/C=C\CCCCCC. The highest BCUT2D eigenvalue weighted by atomic mass is 16.6. The van der Waals surface area contributed by atoms with Crippen LogP contribution in [0.1, 0.15) is 207 Å². The van der Waals surface area contributed by atoms with Gasteiger partial charge in [-0.3, -0.25) is 14.4 Å². The second kappa shape index (κ2) is 51.4. The van der Waals surface area contributed by atoms with Crippen molar-refractivity contribution in [1.82, 2.24) is 0 Å². The number of carbonyl (C=O) groups is 3. The molecule has 0 bridgehead atoms. The summed E-state index contributed by atoms with van der Waals surface area (Å²) < 4.78 is 16.7. The fraction of sp³-hybridized carbons (Fsp3) is 0.603. The first-order valence-electron chi connectivity index (χ1n) is 25.6. The van der Waals surface area contributed by atoms with Crippen LogP contribution >= 0.6 is 0 Å². The van der Waals surface area contributed by atoms with Gasteiger partial charge in [0.1, 0.15) is 13.2 Å². The largest absolute Gasteiger partial charge is 0.462 e. The van der Waals surface area contributed by atoms with Gasteiger partial charge in [0.25, 0.3) is 0 Å². The van der Waals surface area contributed by atoms with Gasteiger partial charge in [0.05, 0.1) is 0 Å². The fourth-order valence-electron chi connectivity index (χ4n) is 6.57. The Morgan fingerprint density at radius 3 is 1.16 bits per heavy atom. The summed E-state index contributed by atoms with van der Waals surface area (Å²) in [6.45, 7) is 6.30. The first-order chi connectivity index (χ1) is 31.5. The Morgan fingerprint density at radius 2 is 0.688 bits per heavy atom. The number of esters is 3. The predicted octanol–water partition coefficient (Wildman–Crippen LogP) is 16.9. The van der Waals surface area contributed by atoms with E-state index in [1.165, 1.54) is 64.2 Å². The van der Waals surface area contributed by atoms with E-state index in [4.69, 9.17) is 14.2 Å². The maximum atomic E-state index is 12.8. The molecule has 0 aromatic heterocycles. The highest BCUT2D eigenvalue weighted by Gasteiger charge is 2.19. The molecule has 360 valence electrons. The zero-order chi connectivity index (χ0) is 46.5. The van der Waals surface area contributed by atoms with Crippen molar-refractivity contribution in [3.8, 4) is 0 Å². The topological polar surface area (TPSA) is 78.9 Å². The van der Waals surface area contributed by atoms with Crippen LogP contribution in [-0.2, 0) is 28.6 Å². The summed E-state index contributed by atoms with van der Waals surface area (Å²) in [5.41, 5.74) is 0. The monoisotopic (exact) mass is 885 g/mol. The molecule has 0 amide bonds. The van der Waals surface area contributed by atoms with Crippen LogP contribution < -0.4 is 0 Å². The molecule has 0 saturated heterocycles. The molecule has 0 aromatic rings.